The average Bonchev–Trinajstić information content (AvgIpc) is 1.40. The van der Waals surface area contributed by atoms with Crippen LogP contribution in [0.3, 0.4) is 0 Å². The van der Waals surface area contributed by atoms with Crippen molar-refractivity contribution in [3.05, 3.63) is 76.4 Å². The summed E-state index contributed by atoms with van der Waals surface area (Å²) in [7, 11) is 3.80. The lowest BCUT2D eigenvalue weighted by Crippen LogP contribution is -2.55. The van der Waals surface area contributed by atoms with Gasteiger partial charge in [0.1, 0.15) is 29.5 Å². The number of guanidine groups is 1. The molecule has 0 radical (unpaired) electrons. The Balaban J connectivity index is 1.02. The van der Waals surface area contributed by atoms with Crippen LogP contribution in [-0.4, -0.2) is 102 Å². The zero-order valence-corrected chi connectivity index (χ0v) is 51.8. The van der Waals surface area contributed by atoms with E-state index in [0.29, 0.717) is 103 Å². The van der Waals surface area contributed by atoms with E-state index in [2.05, 4.69) is 63.6 Å². The number of nitrogens with two attached hydrogens (primary N) is 1. The molecule has 0 aromatic heterocycles. The van der Waals surface area contributed by atoms with Crippen LogP contribution in [0.25, 0.3) is 11.1 Å². The quantitative estimate of drug-likeness (QED) is 0.0668. The van der Waals surface area contributed by atoms with Crippen molar-refractivity contribution in [2.24, 2.45) is 68.9 Å². The normalized spacial score (nSPS) is 34.6. The zero-order chi connectivity index (χ0) is 58.9. The van der Waals surface area contributed by atoms with Crippen LogP contribution in [0.1, 0.15) is 196 Å². The van der Waals surface area contributed by atoms with Crippen molar-refractivity contribution in [1.29, 1.82) is 0 Å². The number of hydrogen-bond acceptors (Lipinski definition) is 13. The summed E-state index contributed by atoms with van der Waals surface area (Å²) in [6, 6.07) is 11.5. The minimum atomic E-state index is -0.922. The standard InChI is InChI=1S/C71H104N4O9/c1-7-8-9-13-44(4)54-30-47-18-17-46(54)29-52(77)38-70(23-12-22-69(70)25-27-82-71(41-69)24-11-14-45(37-71)39-73-5)42-75-68(72)74-26-21-53-49(40-76)15-10-16-61(53)83-63-34-48(19-20-58(63)78)67-60(80)35-57-62(84-67)36-64(81-6)66-56-32-51(28-43(2)3)59(79)33-50(56)31-55(47)65(57)66/h17-20,32-34,36,43-47,49,52-55,60-61,67,73,76-80H,7-16,21-31,35,37-42H2,1-6H3,(H3,72,74,75)/t44-,45-,46+,47+,49-,52-,53+,54-,55-,60+,61+,67-,69+,70-,71+/m0/s1. The smallest absolute Gasteiger partial charge is 0.188 e. The van der Waals surface area contributed by atoms with E-state index in [9.17, 15) is 25.5 Å². The molecule has 13 nitrogen and oxygen atoms in total. The van der Waals surface area contributed by atoms with Crippen LogP contribution >= 0.6 is 0 Å². The Kier molecular flexibility index (Phi) is 19.0. The van der Waals surface area contributed by atoms with Crippen molar-refractivity contribution in [3.63, 3.8) is 0 Å². The van der Waals surface area contributed by atoms with E-state index in [1.165, 1.54) is 25.7 Å². The molecule has 84 heavy (non-hydrogen) atoms. The maximum absolute atomic E-state index is 13.1. The fourth-order valence-electron chi connectivity index (χ4n) is 18.8. The number of benzene rings is 3. The molecule has 3 saturated carbocycles. The Morgan fingerprint density at radius 1 is 0.869 bits per heavy atom. The Labute approximate surface area is 502 Å². The molecule has 6 heterocycles. The third kappa shape index (κ3) is 12.4. The number of rotatable bonds is 11. The lowest BCUT2D eigenvalue weighted by atomic mass is 9.54. The number of hydrogen-bond donors (Lipinski definition) is 8. The maximum Gasteiger partial charge on any atom is 0.188 e. The summed E-state index contributed by atoms with van der Waals surface area (Å²) in [5, 5.41) is 66.7. The van der Waals surface area contributed by atoms with Crippen molar-refractivity contribution in [2.75, 3.05) is 47.0 Å². The van der Waals surface area contributed by atoms with Gasteiger partial charge >= 0.3 is 0 Å². The van der Waals surface area contributed by atoms with Crippen molar-refractivity contribution in [2.45, 2.75) is 211 Å². The Morgan fingerprint density at radius 2 is 1.70 bits per heavy atom. The van der Waals surface area contributed by atoms with Crippen LogP contribution in [0.2, 0.25) is 0 Å². The van der Waals surface area contributed by atoms with Crippen LogP contribution in [0.5, 0.6) is 28.7 Å². The summed E-state index contributed by atoms with van der Waals surface area (Å²) in [6.45, 7) is 12.0. The number of fused-ring (bicyclic) bond motifs is 2. The Hall–Kier alpha value is -4.53. The number of phenolic OH excluding ortho intramolecular Hbond substituents is 2. The minimum absolute atomic E-state index is 0.00513. The molecule has 9 N–H and O–H groups in total. The van der Waals surface area contributed by atoms with Crippen LogP contribution in [0.4, 0.5) is 0 Å². The lowest BCUT2D eigenvalue weighted by molar-refractivity contribution is -0.179. The van der Waals surface area contributed by atoms with E-state index in [0.717, 1.165) is 136 Å². The molecule has 3 aromatic rings. The highest BCUT2D eigenvalue weighted by Crippen LogP contribution is 2.65. The molecule has 4 fully saturated rings. The molecular weight excluding hydrogens is 1050 g/mol. The predicted molar refractivity (Wildman–Crippen MR) is 333 cm³/mol. The summed E-state index contributed by atoms with van der Waals surface area (Å²) in [5.41, 5.74) is 13.4. The fourth-order valence-corrected chi connectivity index (χ4v) is 18.8. The van der Waals surface area contributed by atoms with Gasteiger partial charge in [0.05, 0.1) is 24.9 Å². The second-order valence-corrected chi connectivity index (χ2v) is 28.6. The average molecular weight is 1160 g/mol. The molecule has 3 spiro atoms. The molecule has 8 bridgehead atoms. The molecule has 11 aliphatic rings. The first-order valence-electron chi connectivity index (χ1n) is 33.3. The first kappa shape index (κ1) is 61.1. The predicted octanol–water partition coefficient (Wildman–Crippen LogP) is 12.4. The maximum atomic E-state index is 13.1. The van der Waals surface area contributed by atoms with Crippen molar-refractivity contribution >= 4 is 5.96 Å². The number of aliphatic hydroxyl groups excluding tert-OH is 3. The van der Waals surface area contributed by atoms with Gasteiger partial charge in [0, 0.05) is 55.8 Å². The molecule has 6 aliphatic heterocycles. The molecule has 462 valence electrons. The number of aliphatic hydroxyl groups is 3. The number of unbranched alkanes of at least 4 members (excludes halogenated alkanes) is 2. The number of nitrogens with zero attached hydrogens (tertiary/aromatic N) is 1. The van der Waals surface area contributed by atoms with Gasteiger partial charge in [-0.25, -0.2) is 0 Å². The molecule has 14 rings (SSSR count). The molecule has 1 saturated heterocycles. The van der Waals surface area contributed by atoms with E-state index in [-0.39, 0.29) is 64.5 Å². The largest absolute Gasteiger partial charge is 0.508 e. The molecule has 0 amide bonds. The number of phenols is 2. The van der Waals surface area contributed by atoms with Crippen LogP contribution in [0, 0.1) is 58.2 Å². The molecule has 15 atom stereocenters. The number of methoxy groups -OCH3 is 1. The van der Waals surface area contributed by atoms with Crippen LogP contribution < -0.4 is 30.6 Å². The summed E-state index contributed by atoms with van der Waals surface area (Å²) < 4.78 is 27.4. The number of aliphatic imine (C=N–C) groups is 1. The van der Waals surface area contributed by atoms with Gasteiger partial charge in [0.2, 0.25) is 0 Å². The van der Waals surface area contributed by atoms with Gasteiger partial charge < -0.3 is 60.8 Å². The van der Waals surface area contributed by atoms with E-state index in [1.54, 1.807) is 13.2 Å². The summed E-state index contributed by atoms with van der Waals surface area (Å²) in [5.74, 6) is 4.38. The van der Waals surface area contributed by atoms with Gasteiger partial charge in [0.15, 0.2) is 17.5 Å². The highest BCUT2D eigenvalue weighted by Gasteiger charge is 2.60. The number of aromatic hydroxyl groups is 2. The van der Waals surface area contributed by atoms with Gasteiger partial charge in [-0.3, -0.25) is 4.99 Å². The molecule has 5 aliphatic carbocycles. The lowest BCUT2D eigenvalue weighted by Gasteiger charge is -2.56. The minimum Gasteiger partial charge on any atom is -0.508 e. The first-order valence-corrected chi connectivity index (χ1v) is 33.3. The molecule has 13 heteroatoms. The van der Waals surface area contributed by atoms with Crippen molar-refractivity contribution in [3.8, 4) is 39.9 Å². The SMILES string of the molecule is CCCCC[C@H](C)[C@@H]1C[C@H]2C=C[C@@H]1C[C@H](O)C[C@@]1(CCC[C@]13CCO[C@@]1(CCC[C@H](CNC)C1)C3)CN=C(N)NCC[C@@H]1[C@H](CO)CCC[C@H]1Oc1cc(ccc1O)[C@@H]1Oc3cc(OC)c4c(c3C[C@H]1O)[C@H]2Cc1cc(O)c(CC(C)C)cc1-4. The molecular formula is C71H104N4O9. The highest BCUT2D eigenvalue weighted by atomic mass is 16.5. The summed E-state index contributed by atoms with van der Waals surface area (Å²) in [4.78, 5) is 5.33. The van der Waals surface area contributed by atoms with E-state index in [1.807, 2.05) is 24.3 Å². The van der Waals surface area contributed by atoms with E-state index in [4.69, 9.17) is 29.7 Å². The van der Waals surface area contributed by atoms with Crippen molar-refractivity contribution in [1.82, 2.24) is 10.6 Å². The number of nitrogens with one attached hydrogen (secondary N) is 2. The second-order valence-electron chi connectivity index (χ2n) is 28.6. The van der Waals surface area contributed by atoms with Crippen LogP contribution in [0.15, 0.2) is 53.5 Å². The molecule has 3 aromatic carbocycles. The summed E-state index contributed by atoms with van der Waals surface area (Å²) in [6.07, 6.45) is 24.1. The van der Waals surface area contributed by atoms with E-state index < -0.39 is 18.3 Å². The Bertz CT molecular complexity index is 2810. The van der Waals surface area contributed by atoms with Gasteiger partial charge in [0.25, 0.3) is 0 Å². The van der Waals surface area contributed by atoms with Gasteiger partial charge in [-0.05, 0) is 227 Å². The van der Waals surface area contributed by atoms with Gasteiger partial charge in [-0.1, -0.05) is 84.4 Å². The number of ether oxygens (including phenoxy) is 4. The van der Waals surface area contributed by atoms with Gasteiger partial charge in [-0.15, -0.1) is 0 Å². The monoisotopic (exact) mass is 1160 g/mol. The zero-order valence-electron chi connectivity index (χ0n) is 51.8. The van der Waals surface area contributed by atoms with Gasteiger partial charge in [-0.2, -0.15) is 0 Å². The fraction of sp³-hybridized carbons (Fsp3) is 0.704. The third-order valence-electron chi connectivity index (χ3n) is 22.8. The highest BCUT2D eigenvalue weighted by molar-refractivity contribution is 5.84. The first-order chi connectivity index (χ1) is 40.6. The van der Waals surface area contributed by atoms with E-state index >= 15 is 0 Å². The second kappa shape index (κ2) is 26.0. The third-order valence-corrected chi connectivity index (χ3v) is 22.8. The Morgan fingerprint density at radius 3 is 2.50 bits per heavy atom. The van der Waals surface area contributed by atoms with Crippen molar-refractivity contribution < 1.29 is 44.5 Å². The molecule has 0 unspecified atom stereocenters. The summed E-state index contributed by atoms with van der Waals surface area (Å²) >= 11 is 0. The number of allylic oxidation sites excluding steroid dienone is 2. The topological polar surface area (TPSA) is 201 Å². The van der Waals surface area contributed by atoms with Crippen LogP contribution in [-0.2, 0) is 24.0 Å².